The molecule has 0 aromatic rings. The molecular weight excluding hydrogens is 232 g/mol. The first-order valence-electron chi connectivity index (χ1n) is 8.70. The third-order valence-corrected chi connectivity index (χ3v) is 4.88. The summed E-state index contributed by atoms with van der Waals surface area (Å²) in [4.78, 5) is 2.73. The zero-order valence-corrected chi connectivity index (χ0v) is 13.8. The first kappa shape index (κ1) is 17.0. The summed E-state index contributed by atoms with van der Waals surface area (Å²) in [6, 6.07) is 1.45. The molecule has 1 aliphatic carbocycles. The van der Waals surface area contributed by atoms with Gasteiger partial charge in [0.1, 0.15) is 0 Å². The predicted molar refractivity (Wildman–Crippen MR) is 85.7 cm³/mol. The molecule has 2 nitrogen and oxygen atoms in total. The minimum absolute atomic E-state index is 0.721. The average Bonchev–Trinajstić information content (AvgIpc) is 2.95. The van der Waals surface area contributed by atoms with Gasteiger partial charge in [-0.15, -0.1) is 0 Å². The SMILES string of the molecule is CCCCN(CC(NCC)C1CCCC1)C(C)CC. The maximum absolute atomic E-state index is 3.77. The molecule has 2 heteroatoms. The quantitative estimate of drug-likeness (QED) is 0.643. The second kappa shape index (κ2) is 9.77. The molecule has 1 rings (SSSR count). The van der Waals surface area contributed by atoms with Gasteiger partial charge in [-0.1, -0.05) is 40.0 Å². The summed E-state index contributed by atoms with van der Waals surface area (Å²) in [6.45, 7) is 12.9. The van der Waals surface area contributed by atoms with Crippen LogP contribution in [0.1, 0.15) is 72.6 Å². The molecule has 0 radical (unpaired) electrons. The highest BCUT2D eigenvalue weighted by molar-refractivity contribution is 4.84. The Hall–Kier alpha value is -0.0800. The number of hydrogen-bond acceptors (Lipinski definition) is 2. The molecule has 1 saturated carbocycles. The molecule has 1 fully saturated rings. The van der Waals surface area contributed by atoms with Crippen molar-refractivity contribution in [2.24, 2.45) is 5.92 Å². The molecule has 19 heavy (non-hydrogen) atoms. The molecule has 114 valence electrons. The van der Waals surface area contributed by atoms with E-state index in [9.17, 15) is 0 Å². The molecule has 0 bridgehead atoms. The van der Waals surface area contributed by atoms with Gasteiger partial charge in [0.25, 0.3) is 0 Å². The first-order valence-corrected chi connectivity index (χ1v) is 8.70. The molecule has 2 unspecified atom stereocenters. The second-order valence-electron chi connectivity index (χ2n) is 6.31. The Morgan fingerprint density at radius 2 is 1.84 bits per heavy atom. The Kier molecular flexibility index (Phi) is 8.72. The van der Waals surface area contributed by atoms with E-state index in [0.717, 1.165) is 24.5 Å². The van der Waals surface area contributed by atoms with Crippen LogP contribution in [0.3, 0.4) is 0 Å². The van der Waals surface area contributed by atoms with E-state index < -0.39 is 0 Å². The lowest BCUT2D eigenvalue weighted by Gasteiger charge is -2.35. The molecule has 0 aliphatic heterocycles. The van der Waals surface area contributed by atoms with Crippen LogP contribution in [0.2, 0.25) is 0 Å². The molecule has 0 aromatic carbocycles. The normalized spacial score (nSPS) is 20.1. The Bertz CT molecular complexity index is 211. The maximum atomic E-state index is 3.77. The Morgan fingerprint density at radius 3 is 2.37 bits per heavy atom. The summed E-state index contributed by atoms with van der Waals surface area (Å²) in [7, 11) is 0. The van der Waals surface area contributed by atoms with Gasteiger partial charge in [-0.25, -0.2) is 0 Å². The summed E-state index contributed by atoms with van der Waals surface area (Å²) >= 11 is 0. The van der Waals surface area contributed by atoms with Gasteiger partial charge in [0, 0.05) is 18.6 Å². The lowest BCUT2D eigenvalue weighted by Crippen LogP contribution is -2.48. The lowest BCUT2D eigenvalue weighted by atomic mass is 9.96. The van der Waals surface area contributed by atoms with Crippen molar-refractivity contribution >= 4 is 0 Å². The van der Waals surface area contributed by atoms with E-state index in [0.29, 0.717) is 0 Å². The predicted octanol–water partition coefficient (Wildman–Crippen LogP) is 4.06. The van der Waals surface area contributed by atoms with E-state index in [-0.39, 0.29) is 0 Å². The van der Waals surface area contributed by atoms with Crippen molar-refractivity contribution < 1.29 is 0 Å². The van der Waals surface area contributed by atoms with Gasteiger partial charge >= 0.3 is 0 Å². The van der Waals surface area contributed by atoms with Gasteiger partial charge in [-0.3, -0.25) is 4.90 Å². The van der Waals surface area contributed by atoms with Crippen molar-refractivity contribution in [2.75, 3.05) is 19.6 Å². The number of likely N-dealkylation sites (N-methyl/N-ethyl adjacent to an activating group) is 1. The van der Waals surface area contributed by atoms with Crippen LogP contribution in [-0.2, 0) is 0 Å². The third kappa shape index (κ3) is 5.83. The van der Waals surface area contributed by atoms with E-state index >= 15 is 0 Å². The fourth-order valence-electron chi connectivity index (χ4n) is 3.37. The number of hydrogen-bond donors (Lipinski definition) is 1. The van der Waals surface area contributed by atoms with Gasteiger partial charge in [0.15, 0.2) is 0 Å². The van der Waals surface area contributed by atoms with Crippen LogP contribution in [-0.4, -0.2) is 36.6 Å². The van der Waals surface area contributed by atoms with Crippen molar-refractivity contribution in [3.8, 4) is 0 Å². The van der Waals surface area contributed by atoms with E-state index in [1.165, 1.54) is 58.0 Å². The molecule has 1 N–H and O–H groups in total. The van der Waals surface area contributed by atoms with Crippen molar-refractivity contribution in [3.63, 3.8) is 0 Å². The number of nitrogens with one attached hydrogen (secondary N) is 1. The van der Waals surface area contributed by atoms with E-state index in [1.807, 2.05) is 0 Å². The summed E-state index contributed by atoms with van der Waals surface area (Å²) in [6.07, 6.45) is 9.71. The Balaban J connectivity index is 2.54. The highest BCUT2D eigenvalue weighted by Gasteiger charge is 2.27. The highest BCUT2D eigenvalue weighted by atomic mass is 15.2. The molecule has 0 saturated heterocycles. The molecule has 0 amide bonds. The second-order valence-corrected chi connectivity index (χ2v) is 6.31. The number of unbranched alkanes of at least 4 members (excludes halogenated alkanes) is 1. The Labute approximate surface area is 121 Å². The van der Waals surface area contributed by atoms with Crippen LogP contribution in [0.25, 0.3) is 0 Å². The monoisotopic (exact) mass is 268 g/mol. The average molecular weight is 268 g/mol. The van der Waals surface area contributed by atoms with Crippen LogP contribution >= 0.6 is 0 Å². The van der Waals surface area contributed by atoms with E-state index in [2.05, 4.69) is 37.9 Å². The van der Waals surface area contributed by atoms with Crippen molar-refractivity contribution in [2.45, 2.75) is 84.7 Å². The standard InChI is InChI=1S/C17H36N2/c1-5-8-13-19(15(4)6-2)14-17(18-7-3)16-11-9-10-12-16/h15-18H,5-14H2,1-4H3. The summed E-state index contributed by atoms with van der Waals surface area (Å²) in [5.74, 6) is 0.924. The maximum Gasteiger partial charge on any atom is 0.0223 e. The van der Waals surface area contributed by atoms with Crippen LogP contribution in [0.4, 0.5) is 0 Å². The van der Waals surface area contributed by atoms with Crippen molar-refractivity contribution in [1.82, 2.24) is 10.2 Å². The first-order chi connectivity index (χ1) is 9.22. The van der Waals surface area contributed by atoms with Gasteiger partial charge < -0.3 is 5.32 Å². The molecule has 0 heterocycles. The topological polar surface area (TPSA) is 15.3 Å². The zero-order chi connectivity index (χ0) is 14.1. The molecule has 2 atom stereocenters. The van der Waals surface area contributed by atoms with Crippen molar-refractivity contribution in [1.29, 1.82) is 0 Å². The molecule has 0 aromatic heterocycles. The summed E-state index contributed by atoms with van der Waals surface area (Å²) in [5, 5.41) is 3.77. The molecule has 1 aliphatic rings. The van der Waals surface area contributed by atoms with Crippen LogP contribution in [0, 0.1) is 5.92 Å². The lowest BCUT2D eigenvalue weighted by molar-refractivity contribution is 0.159. The minimum Gasteiger partial charge on any atom is -0.313 e. The van der Waals surface area contributed by atoms with Crippen molar-refractivity contribution in [3.05, 3.63) is 0 Å². The largest absolute Gasteiger partial charge is 0.313 e. The van der Waals surface area contributed by atoms with Gasteiger partial charge in [-0.2, -0.15) is 0 Å². The summed E-state index contributed by atoms with van der Waals surface area (Å²) in [5.41, 5.74) is 0. The van der Waals surface area contributed by atoms with E-state index in [1.54, 1.807) is 0 Å². The number of rotatable bonds is 10. The minimum atomic E-state index is 0.721. The molecule has 0 spiro atoms. The highest BCUT2D eigenvalue weighted by Crippen LogP contribution is 2.28. The van der Waals surface area contributed by atoms with Crippen LogP contribution < -0.4 is 5.32 Å². The Morgan fingerprint density at radius 1 is 1.16 bits per heavy atom. The van der Waals surface area contributed by atoms with Crippen LogP contribution in [0.15, 0.2) is 0 Å². The van der Waals surface area contributed by atoms with Gasteiger partial charge in [0.2, 0.25) is 0 Å². The summed E-state index contributed by atoms with van der Waals surface area (Å²) < 4.78 is 0. The smallest absolute Gasteiger partial charge is 0.0223 e. The number of nitrogens with zero attached hydrogens (tertiary/aromatic N) is 1. The fraction of sp³-hybridized carbons (Fsp3) is 1.00. The van der Waals surface area contributed by atoms with Gasteiger partial charge in [0.05, 0.1) is 0 Å². The van der Waals surface area contributed by atoms with Gasteiger partial charge in [-0.05, 0) is 51.6 Å². The van der Waals surface area contributed by atoms with Crippen LogP contribution in [0.5, 0.6) is 0 Å². The fourth-order valence-corrected chi connectivity index (χ4v) is 3.37. The molecular formula is C17H36N2. The van der Waals surface area contributed by atoms with E-state index in [4.69, 9.17) is 0 Å². The third-order valence-electron chi connectivity index (χ3n) is 4.88. The zero-order valence-electron chi connectivity index (χ0n) is 13.8.